The molecule has 0 saturated carbocycles. The molecule has 0 unspecified atom stereocenters. The number of fused-ring (bicyclic) bond motifs is 3. The van der Waals surface area contributed by atoms with Gasteiger partial charge in [-0.15, -0.1) is 22.7 Å². The number of ketones is 3. The SMILES string of the molecule is O=C1c2nc(-c3ccc(C(=O)C(F)(F)F)cc3)sc2-c2sc(-c3ccc(C(=O)C(F)(F)F)cc3)nc21. The van der Waals surface area contributed by atoms with E-state index in [0.717, 1.165) is 46.9 Å². The average Bonchev–Trinajstić information content (AvgIpc) is 3.51. The van der Waals surface area contributed by atoms with Gasteiger partial charge in [-0.25, -0.2) is 9.97 Å². The lowest BCUT2D eigenvalue weighted by atomic mass is 10.1. The maximum atomic E-state index is 12.8. The molecule has 0 bridgehead atoms. The molecule has 0 aliphatic heterocycles. The van der Waals surface area contributed by atoms with Gasteiger partial charge < -0.3 is 0 Å². The molecule has 182 valence electrons. The molecule has 1 aliphatic rings. The van der Waals surface area contributed by atoms with Crippen molar-refractivity contribution in [3.05, 3.63) is 71.0 Å². The van der Waals surface area contributed by atoms with E-state index in [9.17, 15) is 40.7 Å². The number of benzene rings is 2. The summed E-state index contributed by atoms with van der Waals surface area (Å²) in [4.78, 5) is 45.2. The predicted octanol–water partition coefficient (Wildman–Crippen LogP) is 6.64. The molecule has 0 N–H and O–H groups in total. The number of thiazole rings is 2. The van der Waals surface area contributed by atoms with Crippen LogP contribution in [0.15, 0.2) is 48.5 Å². The Morgan fingerprint density at radius 3 is 1.25 bits per heavy atom. The lowest BCUT2D eigenvalue weighted by Crippen LogP contribution is -2.22. The topological polar surface area (TPSA) is 77.0 Å². The lowest BCUT2D eigenvalue weighted by Gasteiger charge is -2.05. The second-order valence-electron chi connectivity index (χ2n) is 7.53. The third kappa shape index (κ3) is 4.03. The van der Waals surface area contributed by atoms with Crippen LogP contribution in [0.1, 0.15) is 36.9 Å². The van der Waals surface area contributed by atoms with Gasteiger partial charge in [-0.1, -0.05) is 48.5 Å². The van der Waals surface area contributed by atoms with Crippen LogP contribution in [0.2, 0.25) is 0 Å². The van der Waals surface area contributed by atoms with Crippen LogP contribution in [0.3, 0.4) is 0 Å². The van der Waals surface area contributed by atoms with Gasteiger partial charge in [0.05, 0.1) is 9.75 Å². The van der Waals surface area contributed by atoms with Gasteiger partial charge in [0.1, 0.15) is 21.4 Å². The Morgan fingerprint density at radius 1 is 0.611 bits per heavy atom. The fourth-order valence-electron chi connectivity index (χ4n) is 3.47. The van der Waals surface area contributed by atoms with E-state index in [0.29, 0.717) is 30.9 Å². The van der Waals surface area contributed by atoms with Crippen LogP contribution >= 0.6 is 22.7 Å². The van der Waals surface area contributed by atoms with Crippen molar-refractivity contribution in [2.24, 2.45) is 0 Å². The van der Waals surface area contributed by atoms with E-state index in [-0.39, 0.29) is 11.4 Å². The third-order valence-electron chi connectivity index (χ3n) is 5.19. The highest BCUT2D eigenvalue weighted by Crippen LogP contribution is 2.47. The van der Waals surface area contributed by atoms with Crippen LogP contribution in [0.25, 0.3) is 30.9 Å². The molecule has 2 aromatic carbocycles. The number of hydrogen-bond donors (Lipinski definition) is 0. The Morgan fingerprint density at radius 2 is 0.944 bits per heavy atom. The second-order valence-corrected chi connectivity index (χ2v) is 9.53. The first-order valence-electron chi connectivity index (χ1n) is 9.85. The van der Waals surface area contributed by atoms with E-state index in [1.54, 1.807) is 0 Å². The van der Waals surface area contributed by atoms with Gasteiger partial charge in [-0.3, -0.25) is 14.4 Å². The Hall–Kier alpha value is -3.71. The minimum atomic E-state index is -5.00. The Kier molecular flexibility index (Phi) is 5.45. The van der Waals surface area contributed by atoms with Gasteiger partial charge >= 0.3 is 12.4 Å². The number of Topliss-reactive ketones (excluding diaryl/α,β-unsaturated/α-hetero) is 2. The highest BCUT2D eigenvalue weighted by molar-refractivity contribution is 7.25. The summed E-state index contributed by atoms with van der Waals surface area (Å²) in [5.74, 6) is -4.40. The maximum absolute atomic E-state index is 12.8. The first-order valence-corrected chi connectivity index (χ1v) is 11.5. The third-order valence-corrected chi connectivity index (χ3v) is 7.57. The number of hydrogen-bond acceptors (Lipinski definition) is 7. The van der Waals surface area contributed by atoms with Crippen molar-refractivity contribution in [1.29, 1.82) is 0 Å². The van der Waals surface area contributed by atoms with E-state index in [1.807, 2.05) is 0 Å². The number of aromatic nitrogens is 2. The molecule has 4 aromatic rings. The summed E-state index contributed by atoms with van der Waals surface area (Å²) in [5, 5.41) is 0.713. The molecule has 5 nitrogen and oxygen atoms in total. The number of halogens is 6. The van der Waals surface area contributed by atoms with E-state index in [1.165, 1.54) is 24.3 Å². The summed E-state index contributed by atoms with van der Waals surface area (Å²) in [6.07, 6.45) is -9.99. The predicted molar refractivity (Wildman–Crippen MR) is 118 cm³/mol. The second kappa shape index (κ2) is 8.17. The summed E-state index contributed by atoms with van der Waals surface area (Å²) in [5.41, 5.74) is 0.0514. The molecule has 2 heterocycles. The van der Waals surface area contributed by atoms with Gasteiger partial charge in [-0.05, 0) is 0 Å². The molecule has 0 amide bonds. The van der Waals surface area contributed by atoms with Gasteiger partial charge in [0.15, 0.2) is 0 Å². The Labute approximate surface area is 205 Å². The van der Waals surface area contributed by atoms with Crippen LogP contribution < -0.4 is 0 Å². The summed E-state index contributed by atoms with van der Waals surface area (Å²) in [6, 6.07) is 9.35. The quantitative estimate of drug-likeness (QED) is 0.190. The molecule has 0 saturated heterocycles. The van der Waals surface area contributed by atoms with Crippen LogP contribution in [0, 0.1) is 0 Å². The van der Waals surface area contributed by atoms with Gasteiger partial charge in [-0.2, -0.15) is 26.3 Å². The number of carbonyl (C=O) groups is 3. The number of nitrogens with zero attached hydrogens (tertiary/aromatic N) is 2. The normalized spacial score (nSPS) is 13.0. The fraction of sp³-hybridized carbons (Fsp3) is 0.0870. The molecule has 1 aliphatic carbocycles. The van der Waals surface area contributed by atoms with Crippen LogP contribution in [0.5, 0.6) is 0 Å². The monoisotopic (exact) mass is 538 g/mol. The van der Waals surface area contributed by atoms with Crippen LogP contribution in [0.4, 0.5) is 26.3 Å². The molecule has 0 radical (unpaired) electrons. The van der Waals surface area contributed by atoms with E-state index >= 15 is 0 Å². The lowest BCUT2D eigenvalue weighted by molar-refractivity contribution is -0.0888. The first-order chi connectivity index (χ1) is 16.8. The maximum Gasteiger partial charge on any atom is 0.454 e. The standard InChI is InChI=1S/C23H8F6N2O3S2/c24-22(25,26)18(33)9-1-5-11(6-2-9)20-30-13-15(32)14-17(16(13)35-20)36-21(31-14)12-7-3-10(4-8-12)19(34)23(27,28)29/h1-8H. The Balaban J connectivity index is 1.43. The smallest absolute Gasteiger partial charge is 0.285 e. The molecule has 0 atom stereocenters. The van der Waals surface area contributed by atoms with Crippen LogP contribution in [-0.4, -0.2) is 39.7 Å². The van der Waals surface area contributed by atoms with Crippen molar-refractivity contribution in [2.45, 2.75) is 12.4 Å². The largest absolute Gasteiger partial charge is 0.454 e. The highest BCUT2D eigenvalue weighted by Gasteiger charge is 2.40. The molecular weight excluding hydrogens is 530 g/mol. The van der Waals surface area contributed by atoms with Crippen LogP contribution in [-0.2, 0) is 0 Å². The Bertz CT molecular complexity index is 1430. The minimum Gasteiger partial charge on any atom is -0.285 e. The highest BCUT2D eigenvalue weighted by atomic mass is 32.1. The van der Waals surface area contributed by atoms with Crippen molar-refractivity contribution in [2.75, 3.05) is 0 Å². The van der Waals surface area contributed by atoms with Crippen molar-refractivity contribution < 1.29 is 40.7 Å². The summed E-state index contributed by atoms with van der Waals surface area (Å²) in [7, 11) is 0. The van der Waals surface area contributed by atoms with E-state index in [4.69, 9.17) is 0 Å². The minimum absolute atomic E-state index is 0.136. The van der Waals surface area contributed by atoms with Gasteiger partial charge in [0, 0.05) is 22.3 Å². The van der Waals surface area contributed by atoms with Crippen molar-refractivity contribution in [1.82, 2.24) is 9.97 Å². The number of carbonyl (C=O) groups excluding carboxylic acids is 3. The average molecular weight is 538 g/mol. The van der Waals surface area contributed by atoms with Crippen molar-refractivity contribution in [3.63, 3.8) is 0 Å². The summed E-state index contributed by atoms with van der Waals surface area (Å²) >= 11 is 2.24. The fourth-order valence-corrected chi connectivity index (χ4v) is 5.74. The molecule has 36 heavy (non-hydrogen) atoms. The van der Waals surface area contributed by atoms with Crippen molar-refractivity contribution >= 4 is 40.0 Å². The van der Waals surface area contributed by atoms with E-state index < -0.39 is 40.8 Å². The number of alkyl halides is 6. The zero-order valence-electron chi connectivity index (χ0n) is 17.3. The molecule has 2 aromatic heterocycles. The molecular formula is C23H8F6N2O3S2. The summed E-state index contributed by atoms with van der Waals surface area (Å²) < 4.78 is 75.7. The van der Waals surface area contributed by atoms with E-state index in [2.05, 4.69) is 9.97 Å². The molecule has 0 spiro atoms. The van der Waals surface area contributed by atoms with Gasteiger partial charge in [0.2, 0.25) is 5.78 Å². The molecule has 5 rings (SSSR count). The number of rotatable bonds is 4. The first kappa shape index (κ1) is 24.0. The van der Waals surface area contributed by atoms with Gasteiger partial charge in [0.25, 0.3) is 11.6 Å². The molecule has 0 fully saturated rings. The zero-order valence-corrected chi connectivity index (χ0v) is 19.0. The van der Waals surface area contributed by atoms with Crippen molar-refractivity contribution in [3.8, 4) is 30.9 Å². The summed E-state index contributed by atoms with van der Waals surface area (Å²) in [6.45, 7) is 0. The zero-order chi connectivity index (χ0) is 26.0. The molecule has 13 heteroatoms.